The van der Waals surface area contributed by atoms with Crippen molar-refractivity contribution >= 4 is 17.5 Å². The number of primary amides is 1. The van der Waals surface area contributed by atoms with Crippen molar-refractivity contribution in [1.29, 1.82) is 0 Å². The van der Waals surface area contributed by atoms with E-state index in [1.54, 1.807) is 0 Å². The van der Waals surface area contributed by atoms with Gasteiger partial charge in [0.05, 0.1) is 0 Å². The third-order valence-corrected chi connectivity index (χ3v) is 6.80. The largest absolute Gasteiger partial charge is 0.370 e. The Morgan fingerprint density at radius 1 is 0.941 bits per heavy atom. The van der Waals surface area contributed by atoms with Crippen molar-refractivity contribution in [1.82, 2.24) is 4.90 Å². The number of piperidine rings is 1. The van der Waals surface area contributed by atoms with E-state index in [2.05, 4.69) is 73.3 Å². The first-order chi connectivity index (χ1) is 16.3. The Hall–Kier alpha value is -2.82. The van der Waals surface area contributed by atoms with Crippen LogP contribution in [0.5, 0.6) is 0 Å². The molecule has 0 aromatic heterocycles. The first kappa shape index (κ1) is 25.8. The molecule has 184 valence electrons. The highest BCUT2D eigenvalue weighted by molar-refractivity contribution is 5.78. The SMILES string of the molecule is CC(C)CCN(c1ccc(Cc2ccccc2)cc1)C1CCN(C(=O)CC(C)CC(N)=O)CC1. The molecule has 1 atom stereocenters. The van der Waals surface area contributed by atoms with E-state index < -0.39 is 0 Å². The van der Waals surface area contributed by atoms with Gasteiger partial charge in [-0.2, -0.15) is 0 Å². The summed E-state index contributed by atoms with van der Waals surface area (Å²) < 4.78 is 0. The number of benzene rings is 2. The van der Waals surface area contributed by atoms with Crippen molar-refractivity contribution in [3.8, 4) is 0 Å². The Morgan fingerprint density at radius 3 is 2.15 bits per heavy atom. The lowest BCUT2D eigenvalue weighted by molar-refractivity contribution is -0.133. The molecule has 2 aromatic rings. The number of rotatable bonds is 11. The van der Waals surface area contributed by atoms with Gasteiger partial charge in [0.2, 0.25) is 11.8 Å². The summed E-state index contributed by atoms with van der Waals surface area (Å²) in [5.74, 6) is 0.453. The van der Waals surface area contributed by atoms with Crippen LogP contribution in [0.15, 0.2) is 54.6 Å². The molecule has 1 aliphatic heterocycles. The van der Waals surface area contributed by atoms with Crippen molar-refractivity contribution in [2.24, 2.45) is 17.6 Å². The zero-order valence-corrected chi connectivity index (χ0v) is 21.1. The maximum absolute atomic E-state index is 12.7. The third-order valence-electron chi connectivity index (χ3n) is 6.80. The lowest BCUT2D eigenvalue weighted by Gasteiger charge is -2.40. The van der Waals surface area contributed by atoms with Crippen molar-refractivity contribution in [3.05, 3.63) is 65.7 Å². The maximum atomic E-state index is 12.7. The molecule has 34 heavy (non-hydrogen) atoms. The lowest BCUT2D eigenvalue weighted by Crippen LogP contribution is -2.47. The van der Waals surface area contributed by atoms with Crippen LogP contribution in [-0.4, -0.2) is 42.4 Å². The summed E-state index contributed by atoms with van der Waals surface area (Å²) in [5, 5.41) is 0. The van der Waals surface area contributed by atoms with Gasteiger partial charge < -0.3 is 15.5 Å². The summed E-state index contributed by atoms with van der Waals surface area (Å²) in [6.45, 7) is 9.05. The molecule has 1 aliphatic rings. The molecule has 1 saturated heterocycles. The predicted octanol–water partition coefficient (Wildman–Crippen LogP) is 5.02. The van der Waals surface area contributed by atoms with Gasteiger partial charge in [0, 0.05) is 44.2 Å². The smallest absolute Gasteiger partial charge is 0.222 e. The van der Waals surface area contributed by atoms with E-state index in [0.717, 1.165) is 45.3 Å². The number of hydrogen-bond donors (Lipinski definition) is 1. The van der Waals surface area contributed by atoms with E-state index in [9.17, 15) is 9.59 Å². The highest BCUT2D eigenvalue weighted by Crippen LogP contribution is 2.26. The molecule has 0 saturated carbocycles. The number of nitrogens with two attached hydrogens (primary N) is 1. The van der Waals surface area contributed by atoms with Gasteiger partial charge in [0.1, 0.15) is 0 Å². The number of carbonyl (C=O) groups is 2. The highest BCUT2D eigenvalue weighted by atomic mass is 16.2. The van der Waals surface area contributed by atoms with Gasteiger partial charge in [-0.25, -0.2) is 0 Å². The van der Waals surface area contributed by atoms with Crippen LogP contribution in [0, 0.1) is 11.8 Å². The molecule has 2 N–H and O–H groups in total. The van der Waals surface area contributed by atoms with Crippen LogP contribution in [0.1, 0.15) is 64.0 Å². The van der Waals surface area contributed by atoms with E-state index >= 15 is 0 Å². The third kappa shape index (κ3) is 7.89. The Labute approximate surface area is 205 Å². The molecule has 0 aliphatic carbocycles. The number of carbonyl (C=O) groups excluding carboxylic acids is 2. The standard InChI is InChI=1S/C29H41N3O2/c1-22(2)13-18-32(26-11-9-25(10-12-26)21-24-7-5-4-6-8-24)27-14-16-31(17-15-27)29(34)20-23(3)19-28(30)33/h4-12,22-23,27H,13-21H2,1-3H3,(H2,30,33). The Morgan fingerprint density at radius 2 is 1.56 bits per heavy atom. The molecule has 5 nitrogen and oxygen atoms in total. The maximum Gasteiger partial charge on any atom is 0.222 e. The van der Waals surface area contributed by atoms with Gasteiger partial charge in [-0.05, 0) is 60.8 Å². The Kier molecular flexibility index (Phi) is 9.55. The second-order valence-electron chi connectivity index (χ2n) is 10.3. The fourth-order valence-corrected chi connectivity index (χ4v) is 4.83. The Balaban J connectivity index is 1.61. The van der Waals surface area contributed by atoms with E-state index in [-0.39, 0.29) is 24.2 Å². The van der Waals surface area contributed by atoms with Gasteiger partial charge in [0.15, 0.2) is 0 Å². The highest BCUT2D eigenvalue weighted by Gasteiger charge is 2.28. The molecule has 2 aromatic carbocycles. The van der Waals surface area contributed by atoms with Gasteiger partial charge in [0.25, 0.3) is 0 Å². The summed E-state index contributed by atoms with van der Waals surface area (Å²) in [5.41, 5.74) is 9.21. The molecule has 5 heteroatoms. The van der Waals surface area contributed by atoms with Crippen LogP contribution < -0.4 is 10.6 Å². The molecular weight excluding hydrogens is 422 g/mol. The quantitative estimate of drug-likeness (QED) is 0.509. The monoisotopic (exact) mass is 463 g/mol. The normalized spacial score (nSPS) is 15.4. The van der Waals surface area contributed by atoms with Crippen LogP contribution in [0.25, 0.3) is 0 Å². The average molecular weight is 464 g/mol. The molecule has 0 radical (unpaired) electrons. The van der Waals surface area contributed by atoms with Gasteiger partial charge >= 0.3 is 0 Å². The molecule has 0 bridgehead atoms. The summed E-state index contributed by atoms with van der Waals surface area (Å²) in [4.78, 5) is 28.4. The number of hydrogen-bond acceptors (Lipinski definition) is 3. The van der Waals surface area contributed by atoms with E-state index in [1.807, 2.05) is 11.8 Å². The average Bonchev–Trinajstić information content (AvgIpc) is 2.80. The fourth-order valence-electron chi connectivity index (χ4n) is 4.83. The molecule has 1 heterocycles. The summed E-state index contributed by atoms with van der Waals surface area (Å²) >= 11 is 0. The van der Waals surface area contributed by atoms with Gasteiger partial charge in [-0.3, -0.25) is 9.59 Å². The van der Waals surface area contributed by atoms with Crippen molar-refractivity contribution in [2.75, 3.05) is 24.5 Å². The summed E-state index contributed by atoms with van der Waals surface area (Å²) in [6, 6.07) is 20.1. The van der Waals surface area contributed by atoms with Crippen LogP contribution >= 0.6 is 0 Å². The number of nitrogens with zero attached hydrogens (tertiary/aromatic N) is 2. The Bertz CT molecular complexity index is 903. The number of amides is 2. The lowest BCUT2D eigenvalue weighted by atomic mass is 9.98. The summed E-state index contributed by atoms with van der Waals surface area (Å²) in [7, 11) is 0. The molecule has 1 unspecified atom stereocenters. The van der Waals surface area contributed by atoms with Crippen LogP contribution in [0.2, 0.25) is 0 Å². The predicted molar refractivity (Wildman–Crippen MR) is 140 cm³/mol. The second kappa shape index (κ2) is 12.6. The number of likely N-dealkylation sites (tertiary alicyclic amines) is 1. The minimum absolute atomic E-state index is 0.000311. The zero-order valence-electron chi connectivity index (χ0n) is 21.1. The van der Waals surface area contributed by atoms with Gasteiger partial charge in [-0.15, -0.1) is 0 Å². The fraction of sp³-hybridized carbons (Fsp3) is 0.517. The van der Waals surface area contributed by atoms with Crippen molar-refractivity contribution < 1.29 is 9.59 Å². The zero-order chi connectivity index (χ0) is 24.5. The van der Waals surface area contributed by atoms with E-state index in [0.29, 0.717) is 18.4 Å². The second-order valence-corrected chi connectivity index (χ2v) is 10.3. The van der Waals surface area contributed by atoms with Crippen molar-refractivity contribution in [3.63, 3.8) is 0 Å². The molecular formula is C29H41N3O2. The molecule has 0 spiro atoms. The number of anilines is 1. The van der Waals surface area contributed by atoms with Gasteiger partial charge in [-0.1, -0.05) is 63.2 Å². The molecule has 1 fully saturated rings. The minimum Gasteiger partial charge on any atom is -0.370 e. The van der Waals surface area contributed by atoms with Crippen LogP contribution in [-0.2, 0) is 16.0 Å². The molecule has 3 rings (SSSR count). The van der Waals surface area contributed by atoms with Crippen LogP contribution in [0.4, 0.5) is 5.69 Å². The van der Waals surface area contributed by atoms with Crippen LogP contribution in [0.3, 0.4) is 0 Å². The van der Waals surface area contributed by atoms with E-state index in [4.69, 9.17) is 5.73 Å². The van der Waals surface area contributed by atoms with E-state index in [1.165, 1.54) is 16.8 Å². The van der Waals surface area contributed by atoms with Crippen molar-refractivity contribution in [2.45, 2.75) is 65.3 Å². The topological polar surface area (TPSA) is 66.6 Å². The first-order valence-corrected chi connectivity index (χ1v) is 12.8. The first-order valence-electron chi connectivity index (χ1n) is 12.8. The minimum atomic E-state index is -0.338. The summed E-state index contributed by atoms with van der Waals surface area (Å²) in [6.07, 6.45) is 4.70. The molecule has 2 amide bonds.